The molecule has 0 saturated carbocycles. The lowest BCUT2D eigenvalue weighted by molar-refractivity contribution is -0.140. The Kier molecular flexibility index (Phi) is 4.47. The number of likely N-dealkylation sites (tertiary alicyclic amines) is 1. The van der Waals surface area contributed by atoms with E-state index in [0.29, 0.717) is 24.4 Å². The normalized spacial score (nSPS) is 27.7. The van der Waals surface area contributed by atoms with Gasteiger partial charge in [-0.1, -0.05) is 23.7 Å². The average Bonchev–Trinajstić information content (AvgIpc) is 2.74. The Hall–Kier alpha value is -1.40. The van der Waals surface area contributed by atoms with Crippen LogP contribution in [0.3, 0.4) is 0 Å². The van der Waals surface area contributed by atoms with E-state index >= 15 is 0 Å². The highest BCUT2D eigenvalue weighted by atomic mass is 35.5. The van der Waals surface area contributed by atoms with Crippen molar-refractivity contribution >= 4 is 33.3 Å². The van der Waals surface area contributed by atoms with Crippen LogP contribution in [0.4, 0.5) is 0 Å². The molecule has 2 heterocycles. The maximum absolute atomic E-state index is 12.9. The van der Waals surface area contributed by atoms with Gasteiger partial charge in [0.2, 0.25) is 11.8 Å². The van der Waals surface area contributed by atoms with Gasteiger partial charge in [-0.15, -0.1) is 0 Å². The standard InChI is InChI=1S/C17H20ClNO4S/c1-17(13-2-4-14(18)5-3-13)10-15(20)19(16(17)21)11-12-6-8-24(22,23)9-7-12/h2-5,12H,6-11H2,1H3. The van der Waals surface area contributed by atoms with Gasteiger partial charge >= 0.3 is 0 Å². The van der Waals surface area contributed by atoms with E-state index < -0.39 is 15.3 Å². The van der Waals surface area contributed by atoms with E-state index in [0.717, 1.165) is 5.56 Å². The molecule has 2 saturated heterocycles. The molecular formula is C17H20ClNO4S. The number of hydrogen-bond acceptors (Lipinski definition) is 4. The molecule has 1 aromatic carbocycles. The molecular weight excluding hydrogens is 350 g/mol. The predicted molar refractivity (Wildman–Crippen MR) is 91.5 cm³/mol. The summed E-state index contributed by atoms with van der Waals surface area (Å²) in [6.07, 6.45) is 1.16. The Morgan fingerprint density at radius 3 is 2.33 bits per heavy atom. The van der Waals surface area contributed by atoms with E-state index in [1.807, 2.05) is 0 Å². The van der Waals surface area contributed by atoms with Gasteiger partial charge in [-0.25, -0.2) is 8.42 Å². The molecule has 2 aliphatic rings. The van der Waals surface area contributed by atoms with Crippen molar-refractivity contribution in [3.05, 3.63) is 34.9 Å². The van der Waals surface area contributed by atoms with Crippen LogP contribution in [0, 0.1) is 5.92 Å². The summed E-state index contributed by atoms with van der Waals surface area (Å²) >= 11 is 5.90. The number of rotatable bonds is 3. The molecule has 24 heavy (non-hydrogen) atoms. The Balaban J connectivity index is 1.76. The Bertz CT molecular complexity index is 760. The first-order valence-corrected chi connectivity index (χ1v) is 10.2. The van der Waals surface area contributed by atoms with Gasteiger partial charge in [0.05, 0.1) is 16.9 Å². The molecule has 0 N–H and O–H groups in total. The highest BCUT2D eigenvalue weighted by molar-refractivity contribution is 7.91. The van der Waals surface area contributed by atoms with E-state index in [1.54, 1.807) is 31.2 Å². The van der Waals surface area contributed by atoms with E-state index in [-0.39, 0.29) is 35.7 Å². The van der Waals surface area contributed by atoms with E-state index in [1.165, 1.54) is 4.90 Å². The summed E-state index contributed by atoms with van der Waals surface area (Å²) in [5, 5.41) is 0.583. The fourth-order valence-corrected chi connectivity index (χ4v) is 5.21. The third-order valence-corrected chi connectivity index (χ3v) is 7.09. The van der Waals surface area contributed by atoms with Crippen molar-refractivity contribution in [3.63, 3.8) is 0 Å². The highest BCUT2D eigenvalue weighted by Crippen LogP contribution is 2.37. The summed E-state index contributed by atoms with van der Waals surface area (Å²) in [5.41, 5.74) is -0.0958. The fourth-order valence-electron chi connectivity index (χ4n) is 3.49. The monoisotopic (exact) mass is 369 g/mol. The second-order valence-electron chi connectivity index (χ2n) is 6.92. The largest absolute Gasteiger partial charge is 0.282 e. The van der Waals surface area contributed by atoms with Crippen LogP contribution in [0.1, 0.15) is 31.7 Å². The number of nitrogens with zero attached hydrogens (tertiary/aromatic N) is 1. The quantitative estimate of drug-likeness (QED) is 0.765. The number of hydrogen-bond donors (Lipinski definition) is 0. The zero-order valence-corrected chi connectivity index (χ0v) is 15.1. The highest BCUT2D eigenvalue weighted by Gasteiger charge is 2.49. The number of amides is 2. The first kappa shape index (κ1) is 17.4. The molecule has 7 heteroatoms. The maximum atomic E-state index is 12.9. The molecule has 130 valence electrons. The summed E-state index contributed by atoms with van der Waals surface area (Å²) in [4.78, 5) is 26.6. The summed E-state index contributed by atoms with van der Waals surface area (Å²) < 4.78 is 23.0. The van der Waals surface area contributed by atoms with E-state index in [4.69, 9.17) is 11.6 Å². The van der Waals surface area contributed by atoms with Crippen LogP contribution in [-0.4, -0.2) is 43.2 Å². The number of carbonyl (C=O) groups is 2. The molecule has 3 rings (SSSR count). The second kappa shape index (κ2) is 6.15. The number of imide groups is 1. The van der Waals surface area contributed by atoms with Crippen LogP contribution >= 0.6 is 11.6 Å². The maximum Gasteiger partial charge on any atom is 0.240 e. The third-order valence-electron chi connectivity index (χ3n) is 5.12. The fraction of sp³-hybridized carbons (Fsp3) is 0.529. The first-order chi connectivity index (χ1) is 11.2. The smallest absolute Gasteiger partial charge is 0.240 e. The SMILES string of the molecule is CC1(c2ccc(Cl)cc2)CC(=O)N(CC2CCS(=O)(=O)CC2)C1=O. The summed E-state index contributed by atoms with van der Waals surface area (Å²) in [6.45, 7) is 2.10. The Morgan fingerprint density at radius 2 is 1.75 bits per heavy atom. The van der Waals surface area contributed by atoms with Gasteiger partial charge in [-0.2, -0.15) is 0 Å². The zero-order chi connectivity index (χ0) is 17.5. The summed E-state index contributed by atoms with van der Waals surface area (Å²) in [5.74, 6) is -0.0480. The molecule has 1 atom stereocenters. The van der Waals surface area contributed by atoms with Crippen LogP contribution in [0.5, 0.6) is 0 Å². The topological polar surface area (TPSA) is 71.5 Å². The van der Waals surface area contributed by atoms with Gasteiger partial charge in [-0.3, -0.25) is 14.5 Å². The van der Waals surface area contributed by atoms with Crippen LogP contribution in [0.15, 0.2) is 24.3 Å². The number of sulfone groups is 1. The van der Waals surface area contributed by atoms with Crippen molar-refractivity contribution < 1.29 is 18.0 Å². The summed E-state index contributed by atoms with van der Waals surface area (Å²) in [6, 6.07) is 7.00. The van der Waals surface area contributed by atoms with Gasteiger partial charge in [0, 0.05) is 18.0 Å². The van der Waals surface area contributed by atoms with Crippen LogP contribution in [0.25, 0.3) is 0 Å². The van der Waals surface area contributed by atoms with Gasteiger partial charge in [0.1, 0.15) is 9.84 Å². The van der Waals surface area contributed by atoms with Crippen LogP contribution in [-0.2, 0) is 24.8 Å². The molecule has 2 amide bonds. The second-order valence-corrected chi connectivity index (χ2v) is 9.66. The van der Waals surface area contributed by atoms with Crippen molar-refractivity contribution in [2.75, 3.05) is 18.1 Å². The molecule has 2 aliphatic heterocycles. The molecule has 0 aromatic heterocycles. The van der Waals surface area contributed by atoms with E-state index in [9.17, 15) is 18.0 Å². The van der Waals surface area contributed by atoms with Crippen molar-refractivity contribution in [2.24, 2.45) is 5.92 Å². The van der Waals surface area contributed by atoms with Gasteiger partial charge in [-0.05, 0) is 43.4 Å². The summed E-state index contributed by atoms with van der Waals surface area (Å²) in [7, 11) is -2.95. The van der Waals surface area contributed by atoms with E-state index in [2.05, 4.69) is 0 Å². The van der Waals surface area contributed by atoms with Gasteiger partial charge < -0.3 is 0 Å². The lowest BCUT2D eigenvalue weighted by Gasteiger charge is -2.27. The van der Waals surface area contributed by atoms with Gasteiger partial charge in [0.15, 0.2) is 0 Å². The lowest BCUT2D eigenvalue weighted by Crippen LogP contribution is -2.41. The van der Waals surface area contributed by atoms with Gasteiger partial charge in [0.25, 0.3) is 0 Å². The lowest BCUT2D eigenvalue weighted by atomic mass is 9.81. The molecule has 1 aromatic rings. The number of halogens is 1. The van der Waals surface area contributed by atoms with Crippen LogP contribution in [0.2, 0.25) is 5.02 Å². The molecule has 0 radical (unpaired) electrons. The number of benzene rings is 1. The van der Waals surface area contributed by atoms with Crippen molar-refractivity contribution in [3.8, 4) is 0 Å². The minimum atomic E-state index is -2.95. The molecule has 0 aliphatic carbocycles. The first-order valence-electron chi connectivity index (χ1n) is 8.02. The van der Waals surface area contributed by atoms with Crippen molar-refractivity contribution in [1.29, 1.82) is 0 Å². The predicted octanol–water partition coefficient (Wildman–Crippen LogP) is 2.18. The third kappa shape index (κ3) is 3.22. The minimum absolute atomic E-state index is 0.0639. The molecule has 5 nitrogen and oxygen atoms in total. The van der Waals surface area contributed by atoms with Crippen molar-refractivity contribution in [2.45, 2.75) is 31.6 Å². The average molecular weight is 370 g/mol. The zero-order valence-electron chi connectivity index (χ0n) is 13.5. The van der Waals surface area contributed by atoms with Crippen molar-refractivity contribution in [1.82, 2.24) is 4.90 Å². The Morgan fingerprint density at radius 1 is 1.17 bits per heavy atom. The molecule has 1 unspecified atom stereocenters. The van der Waals surface area contributed by atoms with Crippen LogP contribution < -0.4 is 0 Å². The molecule has 0 spiro atoms. The Labute approximate surface area is 146 Å². The molecule has 2 fully saturated rings. The minimum Gasteiger partial charge on any atom is -0.282 e. The molecule has 0 bridgehead atoms. The number of carbonyl (C=O) groups excluding carboxylic acids is 2.